The highest BCUT2D eigenvalue weighted by atomic mass is 32.2. The number of hydrogen-bond acceptors (Lipinski definition) is 4. The normalized spacial score (nSPS) is 19.6. The molecular formula is C12H25NO3S. The summed E-state index contributed by atoms with van der Waals surface area (Å²) in [6, 6.07) is 0. The molecule has 0 spiro atoms. The fraction of sp³-hybridized carbons (Fsp3) is 1.00. The quantitative estimate of drug-likeness (QED) is 0.669. The molecule has 0 unspecified atom stereocenters. The maximum atomic E-state index is 11.3. The van der Waals surface area contributed by atoms with Gasteiger partial charge in [0, 0.05) is 26.5 Å². The second-order valence-electron chi connectivity index (χ2n) is 5.26. The first-order chi connectivity index (χ1) is 7.97. The topological polar surface area (TPSA) is 55.4 Å². The van der Waals surface area contributed by atoms with Crippen molar-refractivity contribution in [2.75, 3.05) is 38.8 Å². The van der Waals surface area contributed by atoms with Crippen molar-refractivity contribution in [2.24, 2.45) is 5.41 Å². The van der Waals surface area contributed by atoms with Gasteiger partial charge < -0.3 is 10.1 Å². The average Bonchev–Trinajstić information content (AvgIpc) is 2.71. The SMILES string of the molecule is COCCNCC1(CCS(C)(=O)=O)CCCC1. The molecule has 1 saturated carbocycles. The zero-order valence-corrected chi connectivity index (χ0v) is 11.8. The molecule has 0 aromatic rings. The first kappa shape index (κ1) is 14.9. The fourth-order valence-corrected chi connectivity index (χ4v) is 3.37. The molecule has 1 N–H and O–H groups in total. The van der Waals surface area contributed by atoms with Crippen molar-refractivity contribution < 1.29 is 13.2 Å². The Bertz CT molecular complexity index is 308. The lowest BCUT2D eigenvalue weighted by atomic mass is 9.83. The minimum atomic E-state index is -2.84. The van der Waals surface area contributed by atoms with Crippen LogP contribution in [0.5, 0.6) is 0 Å². The van der Waals surface area contributed by atoms with E-state index < -0.39 is 9.84 Å². The summed E-state index contributed by atoms with van der Waals surface area (Å²) in [7, 11) is -1.15. The summed E-state index contributed by atoms with van der Waals surface area (Å²) in [5, 5.41) is 3.39. The van der Waals surface area contributed by atoms with Crippen LogP contribution in [0.4, 0.5) is 0 Å². The van der Waals surface area contributed by atoms with Gasteiger partial charge in [0.2, 0.25) is 0 Å². The first-order valence-corrected chi connectivity index (χ1v) is 8.41. The maximum absolute atomic E-state index is 11.3. The molecule has 102 valence electrons. The van der Waals surface area contributed by atoms with Crippen molar-refractivity contribution in [3.8, 4) is 0 Å². The largest absolute Gasteiger partial charge is 0.383 e. The molecule has 5 heteroatoms. The van der Waals surface area contributed by atoms with Crippen LogP contribution in [0, 0.1) is 5.41 Å². The Hall–Kier alpha value is -0.130. The average molecular weight is 263 g/mol. The zero-order valence-electron chi connectivity index (χ0n) is 11.0. The lowest BCUT2D eigenvalue weighted by molar-refractivity contribution is 0.189. The van der Waals surface area contributed by atoms with Gasteiger partial charge in [0.1, 0.15) is 9.84 Å². The Kier molecular flexibility index (Phi) is 5.89. The van der Waals surface area contributed by atoms with E-state index in [0.717, 1.165) is 32.4 Å². The van der Waals surface area contributed by atoms with Gasteiger partial charge in [-0.1, -0.05) is 12.8 Å². The van der Waals surface area contributed by atoms with Crippen molar-refractivity contribution in [1.29, 1.82) is 0 Å². The summed E-state index contributed by atoms with van der Waals surface area (Å²) in [5.74, 6) is 0.318. The molecule has 4 nitrogen and oxygen atoms in total. The lowest BCUT2D eigenvalue weighted by Crippen LogP contribution is -2.35. The third kappa shape index (κ3) is 5.84. The molecule has 17 heavy (non-hydrogen) atoms. The Morgan fingerprint density at radius 2 is 1.94 bits per heavy atom. The maximum Gasteiger partial charge on any atom is 0.147 e. The molecule has 0 amide bonds. The molecule has 0 aromatic heterocycles. The van der Waals surface area contributed by atoms with E-state index in [9.17, 15) is 8.42 Å². The van der Waals surface area contributed by atoms with Gasteiger partial charge in [-0.05, 0) is 24.7 Å². The van der Waals surface area contributed by atoms with Crippen LogP contribution in [0.25, 0.3) is 0 Å². The van der Waals surface area contributed by atoms with Gasteiger partial charge in [0.25, 0.3) is 0 Å². The third-order valence-corrected chi connectivity index (χ3v) is 4.60. The van der Waals surface area contributed by atoms with Crippen molar-refractivity contribution in [3.63, 3.8) is 0 Å². The van der Waals surface area contributed by atoms with Crippen LogP contribution < -0.4 is 5.32 Å². The van der Waals surface area contributed by atoms with Gasteiger partial charge >= 0.3 is 0 Å². The van der Waals surface area contributed by atoms with E-state index in [1.165, 1.54) is 19.1 Å². The summed E-state index contributed by atoms with van der Waals surface area (Å²) in [6.45, 7) is 2.48. The summed E-state index contributed by atoms with van der Waals surface area (Å²) < 4.78 is 27.5. The van der Waals surface area contributed by atoms with Crippen LogP contribution in [0.3, 0.4) is 0 Å². The molecule has 0 bridgehead atoms. The number of methoxy groups -OCH3 is 1. The van der Waals surface area contributed by atoms with Gasteiger partial charge in [0.15, 0.2) is 0 Å². The minimum absolute atomic E-state index is 0.205. The number of rotatable bonds is 8. The van der Waals surface area contributed by atoms with Crippen molar-refractivity contribution in [3.05, 3.63) is 0 Å². The third-order valence-electron chi connectivity index (χ3n) is 3.65. The summed E-state index contributed by atoms with van der Waals surface area (Å²) in [4.78, 5) is 0. The monoisotopic (exact) mass is 263 g/mol. The summed E-state index contributed by atoms with van der Waals surface area (Å²) in [5.41, 5.74) is 0.205. The van der Waals surface area contributed by atoms with Crippen molar-refractivity contribution >= 4 is 9.84 Å². The van der Waals surface area contributed by atoms with Gasteiger partial charge in [-0.2, -0.15) is 0 Å². The molecule has 0 saturated heterocycles. The Morgan fingerprint density at radius 1 is 1.29 bits per heavy atom. The van der Waals surface area contributed by atoms with Crippen LogP contribution in [-0.2, 0) is 14.6 Å². The molecule has 0 aliphatic heterocycles. The van der Waals surface area contributed by atoms with Gasteiger partial charge in [-0.15, -0.1) is 0 Å². The van der Waals surface area contributed by atoms with Crippen LogP contribution in [0.2, 0.25) is 0 Å². The van der Waals surface area contributed by atoms with E-state index in [0.29, 0.717) is 12.4 Å². The fourth-order valence-electron chi connectivity index (χ4n) is 2.57. The van der Waals surface area contributed by atoms with Crippen LogP contribution >= 0.6 is 0 Å². The van der Waals surface area contributed by atoms with Crippen LogP contribution in [0.15, 0.2) is 0 Å². The van der Waals surface area contributed by atoms with Gasteiger partial charge in [-0.3, -0.25) is 0 Å². The highest BCUT2D eigenvalue weighted by Crippen LogP contribution is 2.40. The molecule has 0 radical (unpaired) electrons. The van der Waals surface area contributed by atoms with E-state index in [2.05, 4.69) is 5.32 Å². The standard InChI is InChI=1S/C12H25NO3S/c1-16-9-8-13-11-12(5-3-4-6-12)7-10-17(2,14)15/h13H,3-11H2,1-2H3. The number of nitrogens with one attached hydrogen (secondary N) is 1. The predicted octanol–water partition coefficient (Wildman–Crippen LogP) is 1.22. The van der Waals surface area contributed by atoms with E-state index in [1.807, 2.05) is 0 Å². The van der Waals surface area contributed by atoms with Crippen LogP contribution in [0.1, 0.15) is 32.1 Å². The Labute approximate surface area is 105 Å². The zero-order chi connectivity index (χ0) is 12.8. The summed E-state index contributed by atoms with van der Waals surface area (Å²) >= 11 is 0. The molecule has 0 atom stereocenters. The van der Waals surface area contributed by atoms with Crippen molar-refractivity contribution in [2.45, 2.75) is 32.1 Å². The molecule has 1 fully saturated rings. The van der Waals surface area contributed by atoms with Gasteiger partial charge in [-0.25, -0.2) is 8.42 Å². The number of ether oxygens (including phenoxy) is 1. The molecule has 1 aliphatic carbocycles. The molecule has 0 aromatic carbocycles. The molecule has 1 rings (SSSR count). The van der Waals surface area contributed by atoms with E-state index in [1.54, 1.807) is 7.11 Å². The van der Waals surface area contributed by atoms with Crippen molar-refractivity contribution in [1.82, 2.24) is 5.32 Å². The molecular weight excluding hydrogens is 238 g/mol. The minimum Gasteiger partial charge on any atom is -0.383 e. The van der Waals surface area contributed by atoms with E-state index in [-0.39, 0.29) is 5.41 Å². The second-order valence-corrected chi connectivity index (χ2v) is 7.52. The Morgan fingerprint density at radius 3 is 2.47 bits per heavy atom. The molecule has 0 heterocycles. The summed E-state index contributed by atoms with van der Waals surface area (Å²) in [6.07, 6.45) is 6.90. The first-order valence-electron chi connectivity index (χ1n) is 6.35. The van der Waals surface area contributed by atoms with E-state index >= 15 is 0 Å². The second kappa shape index (κ2) is 6.71. The number of hydrogen-bond donors (Lipinski definition) is 1. The lowest BCUT2D eigenvalue weighted by Gasteiger charge is -2.29. The van der Waals surface area contributed by atoms with E-state index in [4.69, 9.17) is 4.74 Å². The molecule has 1 aliphatic rings. The van der Waals surface area contributed by atoms with Gasteiger partial charge in [0.05, 0.1) is 12.4 Å². The smallest absolute Gasteiger partial charge is 0.147 e. The Balaban J connectivity index is 2.39. The number of sulfone groups is 1. The predicted molar refractivity (Wildman–Crippen MR) is 70.0 cm³/mol. The van der Waals surface area contributed by atoms with Crippen LogP contribution in [-0.4, -0.2) is 47.2 Å². The highest BCUT2D eigenvalue weighted by Gasteiger charge is 2.33. The highest BCUT2D eigenvalue weighted by molar-refractivity contribution is 7.90.